The summed E-state index contributed by atoms with van der Waals surface area (Å²) in [7, 11) is -4.10. The predicted octanol–water partition coefficient (Wildman–Crippen LogP) is -0.0531. The van der Waals surface area contributed by atoms with Gasteiger partial charge in [0, 0.05) is 30.6 Å². The van der Waals surface area contributed by atoms with Gasteiger partial charge >= 0.3 is 5.97 Å². The number of aliphatic carboxylic acids is 1. The molecule has 0 saturated carbocycles. The number of rotatable bonds is 11. The maximum absolute atomic E-state index is 12.4. The minimum absolute atomic E-state index is 0.0219. The molecule has 2 rings (SSSR count). The average Bonchev–Trinajstić information content (AvgIpc) is 2.76. The van der Waals surface area contributed by atoms with Gasteiger partial charge in [-0.25, -0.2) is 8.42 Å². The molecule has 0 bridgehead atoms. The van der Waals surface area contributed by atoms with Gasteiger partial charge in [-0.3, -0.25) is 19.8 Å². The Morgan fingerprint density at radius 1 is 1.00 bits per heavy atom. The van der Waals surface area contributed by atoms with Gasteiger partial charge in [-0.2, -0.15) is 4.72 Å². The quantitative estimate of drug-likeness (QED) is 0.194. The number of hydrogen-bond acceptors (Lipinski definition) is 6. The van der Waals surface area contributed by atoms with Crippen molar-refractivity contribution < 1.29 is 27.9 Å². The molecule has 12 heteroatoms. The fourth-order valence-corrected chi connectivity index (χ4v) is 3.84. The first-order valence-electron chi connectivity index (χ1n) is 9.81. The summed E-state index contributed by atoms with van der Waals surface area (Å²) in [5, 5.41) is 21.5. The summed E-state index contributed by atoms with van der Waals surface area (Å²) >= 11 is 0. The SMILES string of the molecule is Cc1ccc(S(=O)(=O)N[C@@H](CNC(=O)CCNC(=O)c2ccc(C(=N)N)cc2)C(=O)O)cc1. The van der Waals surface area contributed by atoms with E-state index >= 15 is 0 Å². The largest absolute Gasteiger partial charge is 0.480 e. The van der Waals surface area contributed by atoms with Crippen LogP contribution in [0.25, 0.3) is 0 Å². The van der Waals surface area contributed by atoms with Gasteiger partial charge in [0.05, 0.1) is 4.90 Å². The number of nitrogens with two attached hydrogens (primary N) is 1. The van der Waals surface area contributed by atoms with E-state index in [1.165, 1.54) is 36.4 Å². The Morgan fingerprint density at radius 2 is 1.58 bits per heavy atom. The number of carboxylic acids is 1. The Balaban J connectivity index is 1.83. The number of aryl methyl sites for hydroxylation is 1. The third kappa shape index (κ3) is 7.70. The monoisotopic (exact) mass is 475 g/mol. The third-order valence-corrected chi connectivity index (χ3v) is 6.01. The summed E-state index contributed by atoms with van der Waals surface area (Å²) in [6, 6.07) is 10.3. The Bertz CT molecular complexity index is 1130. The Kier molecular flexibility index (Phi) is 8.65. The summed E-state index contributed by atoms with van der Waals surface area (Å²) in [6.45, 7) is 1.29. The average molecular weight is 476 g/mol. The molecule has 176 valence electrons. The van der Waals surface area contributed by atoms with Crippen molar-refractivity contribution in [1.82, 2.24) is 15.4 Å². The standard InChI is InChI=1S/C21H25N5O6S/c1-13-2-8-16(9-3-13)33(31,32)26-17(21(29)30)12-25-18(27)10-11-24-20(28)15-6-4-14(5-7-15)19(22)23/h2-9,17,26H,10-12H2,1H3,(H3,22,23)(H,24,28)(H,25,27)(H,29,30)/t17-/m0/s1. The lowest BCUT2D eigenvalue weighted by molar-refractivity contribution is -0.138. The van der Waals surface area contributed by atoms with Crippen LogP contribution in [0.4, 0.5) is 0 Å². The molecule has 0 aliphatic rings. The Labute approximate surface area is 190 Å². The highest BCUT2D eigenvalue weighted by Gasteiger charge is 2.25. The third-order valence-electron chi connectivity index (χ3n) is 4.53. The second-order valence-electron chi connectivity index (χ2n) is 7.13. The fourth-order valence-electron chi connectivity index (χ4n) is 2.65. The summed E-state index contributed by atoms with van der Waals surface area (Å²) in [6.07, 6.45) is -0.145. The number of nitrogens with one attached hydrogen (secondary N) is 4. The molecule has 0 aliphatic carbocycles. The smallest absolute Gasteiger partial charge is 0.323 e. The van der Waals surface area contributed by atoms with E-state index in [4.69, 9.17) is 11.1 Å². The topological polar surface area (TPSA) is 192 Å². The number of carbonyl (C=O) groups is 3. The molecule has 2 amide bonds. The number of amides is 2. The van der Waals surface area contributed by atoms with Crippen molar-refractivity contribution in [2.24, 2.45) is 5.73 Å². The molecule has 1 atom stereocenters. The Hall–Kier alpha value is -3.77. The minimum Gasteiger partial charge on any atom is -0.480 e. The van der Waals surface area contributed by atoms with Gasteiger partial charge < -0.3 is 21.5 Å². The molecule has 0 unspecified atom stereocenters. The van der Waals surface area contributed by atoms with Crippen molar-refractivity contribution in [1.29, 1.82) is 5.41 Å². The minimum atomic E-state index is -4.10. The highest BCUT2D eigenvalue weighted by molar-refractivity contribution is 7.89. The highest BCUT2D eigenvalue weighted by Crippen LogP contribution is 2.10. The number of nitrogen functional groups attached to an aromatic ring is 1. The number of benzene rings is 2. The zero-order valence-electron chi connectivity index (χ0n) is 17.8. The molecular formula is C21H25N5O6S. The zero-order valence-corrected chi connectivity index (χ0v) is 18.6. The van der Waals surface area contributed by atoms with Crippen molar-refractivity contribution in [3.8, 4) is 0 Å². The zero-order chi connectivity index (χ0) is 24.6. The van der Waals surface area contributed by atoms with E-state index in [-0.39, 0.29) is 23.7 Å². The van der Waals surface area contributed by atoms with Gasteiger partial charge in [-0.05, 0) is 31.2 Å². The molecule has 0 fully saturated rings. The molecule has 0 radical (unpaired) electrons. The van der Waals surface area contributed by atoms with Crippen LogP contribution in [-0.4, -0.2) is 56.3 Å². The van der Waals surface area contributed by atoms with Gasteiger partial charge in [-0.1, -0.05) is 29.8 Å². The second-order valence-corrected chi connectivity index (χ2v) is 8.84. The second kappa shape index (κ2) is 11.2. The van der Waals surface area contributed by atoms with Crippen molar-refractivity contribution in [3.63, 3.8) is 0 Å². The van der Waals surface area contributed by atoms with Crippen LogP contribution < -0.4 is 21.1 Å². The van der Waals surface area contributed by atoms with Crippen LogP contribution >= 0.6 is 0 Å². The first-order valence-corrected chi connectivity index (χ1v) is 11.3. The van der Waals surface area contributed by atoms with E-state index in [1.807, 2.05) is 0 Å². The number of carbonyl (C=O) groups excluding carboxylic acids is 2. The summed E-state index contributed by atoms with van der Waals surface area (Å²) in [5.41, 5.74) is 6.98. The molecular weight excluding hydrogens is 450 g/mol. The molecule has 0 aliphatic heterocycles. The number of sulfonamides is 1. The maximum atomic E-state index is 12.4. The Morgan fingerprint density at radius 3 is 2.12 bits per heavy atom. The lowest BCUT2D eigenvalue weighted by Crippen LogP contribution is -2.48. The summed E-state index contributed by atoms with van der Waals surface area (Å²) < 4.78 is 26.8. The van der Waals surface area contributed by atoms with E-state index in [1.54, 1.807) is 19.1 Å². The predicted molar refractivity (Wildman–Crippen MR) is 120 cm³/mol. The molecule has 2 aromatic rings. The van der Waals surface area contributed by atoms with Crippen molar-refractivity contribution >= 4 is 33.6 Å². The van der Waals surface area contributed by atoms with Gasteiger partial charge in [0.1, 0.15) is 11.9 Å². The van der Waals surface area contributed by atoms with Crippen LogP contribution in [0.5, 0.6) is 0 Å². The normalized spacial score (nSPS) is 11.9. The highest BCUT2D eigenvalue weighted by atomic mass is 32.2. The van der Waals surface area contributed by atoms with Gasteiger partial charge in [0.2, 0.25) is 15.9 Å². The molecule has 33 heavy (non-hydrogen) atoms. The van der Waals surface area contributed by atoms with Crippen LogP contribution in [0, 0.1) is 12.3 Å². The maximum Gasteiger partial charge on any atom is 0.323 e. The summed E-state index contributed by atoms with van der Waals surface area (Å²) in [4.78, 5) is 35.5. The number of hydrogen-bond donors (Lipinski definition) is 6. The van der Waals surface area contributed by atoms with Gasteiger partial charge in [0.25, 0.3) is 5.91 Å². The van der Waals surface area contributed by atoms with Crippen molar-refractivity contribution in [2.75, 3.05) is 13.1 Å². The van der Waals surface area contributed by atoms with Crippen LogP contribution in [0.15, 0.2) is 53.4 Å². The molecule has 0 spiro atoms. The lowest BCUT2D eigenvalue weighted by Gasteiger charge is -2.16. The van der Waals surface area contributed by atoms with E-state index in [0.29, 0.717) is 11.1 Å². The number of amidine groups is 1. The van der Waals surface area contributed by atoms with E-state index in [9.17, 15) is 27.9 Å². The fraction of sp³-hybridized carbons (Fsp3) is 0.238. The summed E-state index contributed by atoms with van der Waals surface area (Å²) in [5.74, 6) is -2.58. The van der Waals surface area contributed by atoms with Crippen LogP contribution in [-0.2, 0) is 19.6 Å². The van der Waals surface area contributed by atoms with E-state index in [0.717, 1.165) is 5.56 Å². The molecule has 0 aromatic heterocycles. The molecule has 11 nitrogen and oxygen atoms in total. The van der Waals surface area contributed by atoms with E-state index in [2.05, 4.69) is 15.4 Å². The van der Waals surface area contributed by atoms with Crippen molar-refractivity contribution in [3.05, 3.63) is 65.2 Å². The lowest BCUT2D eigenvalue weighted by atomic mass is 10.1. The molecule has 0 heterocycles. The van der Waals surface area contributed by atoms with Crippen LogP contribution in [0.1, 0.15) is 27.9 Å². The van der Waals surface area contributed by atoms with Crippen LogP contribution in [0.2, 0.25) is 0 Å². The first kappa shape index (κ1) is 25.5. The van der Waals surface area contributed by atoms with Gasteiger partial charge in [0.15, 0.2) is 0 Å². The molecule has 0 saturated heterocycles. The van der Waals surface area contributed by atoms with Crippen LogP contribution in [0.3, 0.4) is 0 Å². The van der Waals surface area contributed by atoms with Crippen molar-refractivity contribution in [2.45, 2.75) is 24.3 Å². The molecule has 2 aromatic carbocycles. The van der Waals surface area contributed by atoms with E-state index < -0.39 is 40.4 Å². The first-order chi connectivity index (χ1) is 15.5. The molecule has 7 N–H and O–H groups in total. The number of carboxylic acid groups (broad SMARTS) is 1. The van der Waals surface area contributed by atoms with Gasteiger partial charge in [-0.15, -0.1) is 0 Å².